The summed E-state index contributed by atoms with van der Waals surface area (Å²) in [6.07, 6.45) is 6.36. The Morgan fingerprint density at radius 3 is 2.88 bits per heavy atom. The standard InChI is InChI=1S/C19H32N4O/c1-14(2)21-7-8-23-12-17(20-19(23)13-21)10-15(3)22-6-4-18-16(11-22)5-9-24-18/h12,14-16,18H,4-11,13H2,1-3H3. The average molecular weight is 332 g/mol. The number of piperidine rings is 1. The van der Waals surface area contributed by atoms with E-state index in [0.29, 0.717) is 18.2 Å². The van der Waals surface area contributed by atoms with E-state index in [9.17, 15) is 0 Å². The minimum Gasteiger partial charge on any atom is -0.378 e. The van der Waals surface area contributed by atoms with Gasteiger partial charge in [-0.15, -0.1) is 0 Å². The molecule has 0 radical (unpaired) electrons. The molecule has 3 aliphatic heterocycles. The molecule has 24 heavy (non-hydrogen) atoms. The van der Waals surface area contributed by atoms with Crippen LogP contribution in [0.3, 0.4) is 0 Å². The van der Waals surface area contributed by atoms with E-state index < -0.39 is 0 Å². The van der Waals surface area contributed by atoms with Gasteiger partial charge in [-0.05, 0) is 33.6 Å². The van der Waals surface area contributed by atoms with Crippen molar-refractivity contribution in [2.24, 2.45) is 5.92 Å². The third-order valence-electron chi connectivity index (χ3n) is 6.26. The second-order valence-electron chi connectivity index (χ2n) is 8.20. The number of hydrogen-bond acceptors (Lipinski definition) is 4. The molecule has 1 aromatic rings. The summed E-state index contributed by atoms with van der Waals surface area (Å²) in [5.74, 6) is 2.01. The number of hydrogen-bond donors (Lipinski definition) is 0. The normalized spacial score (nSPS) is 29.7. The van der Waals surface area contributed by atoms with Gasteiger partial charge in [0.1, 0.15) is 5.82 Å². The van der Waals surface area contributed by atoms with Crippen LogP contribution >= 0.6 is 0 Å². The lowest BCUT2D eigenvalue weighted by atomic mass is 9.93. The van der Waals surface area contributed by atoms with E-state index in [1.54, 1.807) is 0 Å². The van der Waals surface area contributed by atoms with Crippen LogP contribution in [0.15, 0.2) is 6.20 Å². The predicted octanol–water partition coefficient (Wildman–Crippen LogP) is 2.15. The molecule has 0 amide bonds. The average Bonchev–Trinajstić information content (AvgIpc) is 3.18. The third-order valence-corrected chi connectivity index (χ3v) is 6.26. The highest BCUT2D eigenvalue weighted by Gasteiger charge is 2.35. The topological polar surface area (TPSA) is 33.5 Å². The number of nitrogens with zero attached hydrogens (tertiary/aromatic N) is 4. The Kier molecular flexibility index (Phi) is 4.67. The smallest absolute Gasteiger partial charge is 0.123 e. The summed E-state index contributed by atoms with van der Waals surface area (Å²) in [5.41, 5.74) is 1.27. The van der Waals surface area contributed by atoms with Crippen LogP contribution in [-0.2, 0) is 24.2 Å². The van der Waals surface area contributed by atoms with Crippen molar-refractivity contribution < 1.29 is 4.74 Å². The molecule has 0 aromatic carbocycles. The summed E-state index contributed by atoms with van der Waals surface area (Å²) in [7, 11) is 0. The Bertz CT molecular complexity index is 570. The van der Waals surface area contributed by atoms with E-state index in [1.165, 1.54) is 37.4 Å². The van der Waals surface area contributed by atoms with Gasteiger partial charge in [-0.3, -0.25) is 9.80 Å². The highest BCUT2D eigenvalue weighted by molar-refractivity contribution is 5.08. The van der Waals surface area contributed by atoms with E-state index in [-0.39, 0.29) is 0 Å². The molecule has 0 N–H and O–H groups in total. The maximum absolute atomic E-state index is 5.84. The summed E-state index contributed by atoms with van der Waals surface area (Å²) in [4.78, 5) is 10.1. The second kappa shape index (κ2) is 6.77. The van der Waals surface area contributed by atoms with Gasteiger partial charge in [0.25, 0.3) is 0 Å². The lowest BCUT2D eigenvalue weighted by Crippen LogP contribution is -2.46. The Hall–Kier alpha value is -0.910. The number of likely N-dealkylation sites (tertiary alicyclic amines) is 1. The molecule has 4 heterocycles. The minimum atomic E-state index is 0.537. The van der Waals surface area contributed by atoms with Crippen LogP contribution < -0.4 is 0 Å². The summed E-state index contributed by atoms with van der Waals surface area (Å²) >= 11 is 0. The zero-order chi connectivity index (χ0) is 16.7. The molecule has 2 fully saturated rings. The fourth-order valence-corrected chi connectivity index (χ4v) is 4.61. The quantitative estimate of drug-likeness (QED) is 0.846. The molecule has 2 saturated heterocycles. The van der Waals surface area contributed by atoms with Crippen LogP contribution in [-0.4, -0.2) is 63.8 Å². The van der Waals surface area contributed by atoms with E-state index in [4.69, 9.17) is 9.72 Å². The molecule has 0 aliphatic carbocycles. The Balaban J connectivity index is 1.37. The maximum atomic E-state index is 5.84. The van der Waals surface area contributed by atoms with Gasteiger partial charge in [0.2, 0.25) is 0 Å². The van der Waals surface area contributed by atoms with Gasteiger partial charge in [0.15, 0.2) is 0 Å². The first kappa shape index (κ1) is 16.6. The van der Waals surface area contributed by atoms with Crippen LogP contribution in [0.25, 0.3) is 0 Å². The Morgan fingerprint density at radius 2 is 2.04 bits per heavy atom. The minimum absolute atomic E-state index is 0.537. The van der Waals surface area contributed by atoms with Crippen molar-refractivity contribution in [3.8, 4) is 0 Å². The summed E-state index contributed by atoms with van der Waals surface area (Å²) in [6.45, 7) is 13.5. The molecule has 0 saturated carbocycles. The fraction of sp³-hybridized carbons (Fsp3) is 0.842. The van der Waals surface area contributed by atoms with Gasteiger partial charge in [0, 0.05) is 63.4 Å². The fourth-order valence-electron chi connectivity index (χ4n) is 4.61. The number of imidazole rings is 1. The first-order valence-corrected chi connectivity index (χ1v) is 9.75. The molecule has 5 heteroatoms. The van der Waals surface area contributed by atoms with Gasteiger partial charge in [-0.25, -0.2) is 4.98 Å². The molecule has 5 nitrogen and oxygen atoms in total. The molecule has 3 aliphatic rings. The molecule has 1 aromatic heterocycles. The summed E-state index contributed by atoms with van der Waals surface area (Å²) in [5, 5.41) is 0. The highest BCUT2D eigenvalue weighted by atomic mass is 16.5. The van der Waals surface area contributed by atoms with Crippen molar-refractivity contribution >= 4 is 0 Å². The molecule has 4 rings (SSSR count). The lowest BCUT2D eigenvalue weighted by Gasteiger charge is -2.37. The molecular formula is C19H32N4O. The van der Waals surface area contributed by atoms with Crippen molar-refractivity contribution in [1.82, 2.24) is 19.4 Å². The lowest BCUT2D eigenvalue weighted by molar-refractivity contribution is 0.0231. The van der Waals surface area contributed by atoms with E-state index in [1.807, 2.05) is 0 Å². The highest BCUT2D eigenvalue weighted by Crippen LogP contribution is 2.30. The molecule has 3 unspecified atom stereocenters. The first-order valence-electron chi connectivity index (χ1n) is 9.75. The van der Waals surface area contributed by atoms with Gasteiger partial charge < -0.3 is 9.30 Å². The van der Waals surface area contributed by atoms with Gasteiger partial charge in [0.05, 0.1) is 18.3 Å². The zero-order valence-corrected chi connectivity index (χ0v) is 15.4. The summed E-state index contributed by atoms with van der Waals surface area (Å²) in [6, 6.07) is 1.18. The molecule has 134 valence electrons. The van der Waals surface area contributed by atoms with Gasteiger partial charge in [-0.2, -0.15) is 0 Å². The van der Waals surface area contributed by atoms with Gasteiger partial charge in [-0.1, -0.05) is 0 Å². The van der Waals surface area contributed by atoms with Crippen LogP contribution in [0.1, 0.15) is 45.1 Å². The first-order chi connectivity index (χ1) is 11.6. The maximum Gasteiger partial charge on any atom is 0.123 e. The molecule has 0 bridgehead atoms. The number of rotatable bonds is 4. The predicted molar refractivity (Wildman–Crippen MR) is 95.0 cm³/mol. The van der Waals surface area contributed by atoms with Crippen molar-refractivity contribution in [1.29, 1.82) is 0 Å². The number of ether oxygens (including phenoxy) is 1. The second-order valence-corrected chi connectivity index (χ2v) is 8.20. The number of fused-ring (bicyclic) bond motifs is 2. The molecule has 0 spiro atoms. The van der Waals surface area contributed by atoms with E-state index in [2.05, 4.69) is 41.3 Å². The molecule has 3 atom stereocenters. The zero-order valence-electron chi connectivity index (χ0n) is 15.4. The van der Waals surface area contributed by atoms with Gasteiger partial charge >= 0.3 is 0 Å². The number of aromatic nitrogens is 2. The van der Waals surface area contributed by atoms with Crippen molar-refractivity contribution in [3.05, 3.63) is 17.7 Å². The van der Waals surface area contributed by atoms with Crippen LogP contribution in [0.2, 0.25) is 0 Å². The SMILES string of the molecule is CC(C)N1CCn2cc(CC(C)N3CCC4OCCC4C3)nc2C1. The summed E-state index contributed by atoms with van der Waals surface area (Å²) < 4.78 is 8.21. The van der Waals surface area contributed by atoms with E-state index >= 15 is 0 Å². The largest absolute Gasteiger partial charge is 0.378 e. The van der Waals surface area contributed by atoms with Crippen LogP contribution in [0.4, 0.5) is 0 Å². The van der Waals surface area contributed by atoms with Crippen molar-refractivity contribution in [2.45, 2.75) is 71.3 Å². The third kappa shape index (κ3) is 3.26. The Labute approximate surface area is 146 Å². The monoisotopic (exact) mass is 332 g/mol. The van der Waals surface area contributed by atoms with Crippen LogP contribution in [0.5, 0.6) is 0 Å². The molecular weight excluding hydrogens is 300 g/mol. The van der Waals surface area contributed by atoms with Crippen LogP contribution in [0, 0.1) is 5.92 Å². The van der Waals surface area contributed by atoms with Crippen molar-refractivity contribution in [3.63, 3.8) is 0 Å². The Morgan fingerprint density at radius 1 is 1.17 bits per heavy atom. The van der Waals surface area contributed by atoms with Crippen molar-refractivity contribution in [2.75, 3.05) is 26.2 Å². The van der Waals surface area contributed by atoms with E-state index in [0.717, 1.165) is 38.6 Å².